The monoisotopic (exact) mass is 340 g/mol. The zero-order valence-electron chi connectivity index (χ0n) is 11.1. The second-order valence-electron chi connectivity index (χ2n) is 4.59. The summed E-state index contributed by atoms with van der Waals surface area (Å²) in [4.78, 5) is 13.6. The minimum atomic E-state index is -0.727. The number of phenols is 1. The molecule has 0 bridgehead atoms. The Kier molecular flexibility index (Phi) is 4.13. The fraction of sp³-hybridized carbons (Fsp3) is 0.214. The van der Waals surface area contributed by atoms with Gasteiger partial charge in [-0.15, -0.1) is 0 Å². The molecule has 1 heterocycles. The number of phenolic OH excluding ortho intramolecular Hbond substituents is 1. The van der Waals surface area contributed by atoms with Gasteiger partial charge in [0.2, 0.25) is 0 Å². The Morgan fingerprint density at radius 1 is 1.45 bits per heavy atom. The Bertz CT molecular complexity index is 655. The van der Waals surface area contributed by atoms with Crippen LogP contribution in [0.4, 0.5) is 4.39 Å². The Morgan fingerprint density at radius 2 is 2.15 bits per heavy atom. The molecule has 2 rings (SSSR count). The van der Waals surface area contributed by atoms with Crippen molar-refractivity contribution < 1.29 is 14.3 Å². The molecular formula is C14H14BrFN2O2. The molecule has 20 heavy (non-hydrogen) atoms. The average molecular weight is 341 g/mol. The summed E-state index contributed by atoms with van der Waals surface area (Å²) in [7, 11) is 3.48. The van der Waals surface area contributed by atoms with Crippen LogP contribution in [-0.4, -0.2) is 27.5 Å². The number of hydrogen-bond donors (Lipinski definition) is 1. The molecule has 0 radical (unpaired) electrons. The smallest absolute Gasteiger partial charge is 0.256 e. The molecule has 0 fully saturated rings. The number of rotatable bonds is 3. The second kappa shape index (κ2) is 5.66. The van der Waals surface area contributed by atoms with Crippen LogP contribution in [0.2, 0.25) is 0 Å². The third-order valence-electron chi connectivity index (χ3n) is 3.00. The van der Waals surface area contributed by atoms with Gasteiger partial charge in [-0.2, -0.15) is 0 Å². The van der Waals surface area contributed by atoms with Gasteiger partial charge in [0.05, 0.1) is 12.1 Å². The predicted octanol–water partition coefficient (Wildman–Crippen LogP) is 2.90. The summed E-state index contributed by atoms with van der Waals surface area (Å²) in [6.45, 7) is 0.362. The average Bonchev–Trinajstić information content (AvgIpc) is 2.67. The van der Waals surface area contributed by atoms with Gasteiger partial charge >= 0.3 is 0 Å². The van der Waals surface area contributed by atoms with E-state index in [2.05, 4.69) is 15.9 Å². The van der Waals surface area contributed by atoms with Crippen LogP contribution in [0.15, 0.2) is 34.9 Å². The van der Waals surface area contributed by atoms with E-state index in [0.717, 1.165) is 16.2 Å². The molecule has 1 aromatic carbocycles. The largest absolute Gasteiger partial charge is 0.508 e. The van der Waals surface area contributed by atoms with Crippen LogP contribution in [0.1, 0.15) is 16.1 Å². The topological polar surface area (TPSA) is 45.5 Å². The molecule has 1 N–H and O–H groups in total. The number of aromatic nitrogens is 1. The van der Waals surface area contributed by atoms with Crippen LogP contribution >= 0.6 is 15.9 Å². The van der Waals surface area contributed by atoms with Gasteiger partial charge in [-0.05, 0) is 34.1 Å². The third-order valence-corrected chi connectivity index (χ3v) is 3.44. The molecule has 1 aromatic heterocycles. The van der Waals surface area contributed by atoms with Crippen LogP contribution in [0.25, 0.3) is 0 Å². The van der Waals surface area contributed by atoms with Crippen LogP contribution in [0, 0.1) is 5.82 Å². The zero-order valence-corrected chi connectivity index (χ0v) is 12.7. The Labute approximate surface area is 124 Å². The van der Waals surface area contributed by atoms with Gasteiger partial charge in [0.15, 0.2) is 0 Å². The lowest BCUT2D eigenvalue weighted by molar-refractivity contribution is 0.0777. The first-order valence-electron chi connectivity index (χ1n) is 5.93. The maximum atomic E-state index is 13.7. The predicted molar refractivity (Wildman–Crippen MR) is 77.0 cm³/mol. The number of benzene rings is 1. The Morgan fingerprint density at radius 3 is 2.70 bits per heavy atom. The van der Waals surface area contributed by atoms with E-state index in [4.69, 9.17) is 5.11 Å². The SMILES string of the molecule is CN(Cc1cc(Br)cn1C)C(=O)c1ccc(O)cc1F. The summed E-state index contributed by atoms with van der Waals surface area (Å²) < 4.78 is 16.5. The number of hydrogen-bond acceptors (Lipinski definition) is 2. The maximum Gasteiger partial charge on any atom is 0.256 e. The van der Waals surface area contributed by atoms with Crippen molar-refractivity contribution in [3.05, 3.63) is 52.0 Å². The lowest BCUT2D eigenvalue weighted by Crippen LogP contribution is -2.27. The van der Waals surface area contributed by atoms with Crippen LogP contribution in [0.5, 0.6) is 5.75 Å². The second-order valence-corrected chi connectivity index (χ2v) is 5.50. The maximum absolute atomic E-state index is 13.7. The number of aromatic hydroxyl groups is 1. The van der Waals surface area contributed by atoms with Crippen LogP contribution < -0.4 is 0 Å². The number of carbonyl (C=O) groups excluding carboxylic acids is 1. The number of halogens is 2. The molecule has 0 unspecified atom stereocenters. The van der Waals surface area contributed by atoms with Gasteiger partial charge in [0.1, 0.15) is 11.6 Å². The first kappa shape index (κ1) is 14.6. The van der Waals surface area contributed by atoms with E-state index >= 15 is 0 Å². The highest BCUT2D eigenvalue weighted by molar-refractivity contribution is 9.10. The van der Waals surface area contributed by atoms with Gasteiger partial charge in [0.25, 0.3) is 5.91 Å². The molecule has 0 aliphatic rings. The lowest BCUT2D eigenvalue weighted by atomic mass is 10.1. The molecule has 0 aliphatic heterocycles. The van der Waals surface area contributed by atoms with E-state index in [1.807, 2.05) is 23.9 Å². The molecule has 2 aromatic rings. The first-order chi connectivity index (χ1) is 9.38. The fourth-order valence-corrected chi connectivity index (χ4v) is 2.49. The molecule has 106 valence electrons. The van der Waals surface area contributed by atoms with E-state index in [9.17, 15) is 9.18 Å². The minimum absolute atomic E-state index is 0.0569. The summed E-state index contributed by atoms with van der Waals surface area (Å²) >= 11 is 3.36. The van der Waals surface area contributed by atoms with E-state index < -0.39 is 11.7 Å². The number of aryl methyl sites for hydroxylation is 1. The summed E-state index contributed by atoms with van der Waals surface area (Å²) in [5.41, 5.74) is 0.866. The normalized spacial score (nSPS) is 10.6. The van der Waals surface area contributed by atoms with Gasteiger partial charge in [-0.3, -0.25) is 4.79 Å². The number of carbonyl (C=O) groups is 1. The van der Waals surface area contributed by atoms with E-state index in [0.29, 0.717) is 6.54 Å². The van der Waals surface area contributed by atoms with Crippen molar-refractivity contribution in [3.8, 4) is 5.75 Å². The Hall–Kier alpha value is -1.82. The van der Waals surface area contributed by atoms with E-state index in [1.54, 1.807) is 7.05 Å². The quantitative estimate of drug-likeness (QED) is 0.933. The molecule has 1 amide bonds. The van der Waals surface area contributed by atoms with Crippen molar-refractivity contribution in [2.75, 3.05) is 7.05 Å². The summed E-state index contributed by atoms with van der Waals surface area (Å²) in [6.07, 6.45) is 1.88. The summed E-state index contributed by atoms with van der Waals surface area (Å²) in [5, 5.41) is 9.16. The molecule has 0 saturated carbocycles. The fourth-order valence-electron chi connectivity index (χ4n) is 1.92. The first-order valence-corrected chi connectivity index (χ1v) is 6.72. The highest BCUT2D eigenvalue weighted by Crippen LogP contribution is 2.19. The van der Waals surface area contributed by atoms with Crippen LogP contribution in [0.3, 0.4) is 0 Å². The number of nitrogens with zero attached hydrogens (tertiary/aromatic N) is 2. The molecule has 0 aliphatic carbocycles. The zero-order chi connectivity index (χ0) is 14.9. The van der Waals surface area contributed by atoms with E-state index in [1.165, 1.54) is 17.0 Å². The Balaban J connectivity index is 2.18. The van der Waals surface area contributed by atoms with Crippen molar-refractivity contribution >= 4 is 21.8 Å². The molecule has 4 nitrogen and oxygen atoms in total. The lowest BCUT2D eigenvalue weighted by Gasteiger charge is -2.18. The van der Waals surface area contributed by atoms with Crippen molar-refractivity contribution in [3.63, 3.8) is 0 Å². The number of amides is 1. The van der Waals surface area contributed by atoms with Crippen molar-refractivity contribution in [1.82, 2.24) is 9.47 Å². The standard InChI is InChI=1S/C14H14BrFN2O2/c1-17-7-9(15)5-10(17)8-18(2)14(20)12-4-3-11(19)6-13(12)16/h3-7,19H,8H2,1-2H3. The van der Waals surface area contributed by atoms with Gasteiger partial charge in [0, 0.05) is 36.5 Å². The molecular weight excluding hydrogens is 327 g/mol. The molecule has 0 atom stereocenters. The van der Waals surface area contributed by atoms with Crippen molar-refractivity contribution in [2.45, 2.75) is 6.54 Å². The van der Waals surface area contributed by atoms with Gasteiger partial charge in [-0.25, -0.2) is 4.39 Å². The molecule has 0 spiro atoms. The van der Waals surface area contributed by atoms with Crippen LogP contribution in [-0.2, 0) is 13.6 Å². The molecule has 0 saturated heterocycles. The molecule has 6 heteroatoms. The van der Waals surface area contributed by atoms with Gasteiger partial charge < -0.3 is 14.6 Å². The highest BCUT2D eigenvalue weighted by atomic mass is 79.9. The van der Waals surface area contributed by atoms with Gasteiger partial charge in [-0.1, -0.05) is 0 Å². The summed E-state index contributed by atoms with van der Waals surface area (Å²) in [5.74, 6) is -1.36. The van der Waals surface area contributed by atoms with Crippen molar-refractivity contribution in [1.29, 1.82) is 0 Å². The third kappa shape index (κ3) is 3.01. The highest BCUT2D eigenvalue weighted by Gasteiger charge is 2.17. The summed E-state index contributed by atoms with van der Waals surface area (Å²) in [6, 6.07) is 5.41. The minimum Gasteiger partial charge on any atom is -0.508 e. The van der Waals surface area contributed by atoms with Crippen molar-refractivity contribution in [2.24, 2.45) is 7.05 Å². The van der Waals surface area contributed by atoms with E-state index in [-0.39, 0.29) is 11.3 Å².